The number of ether oxygens (including phenoxy) is 5. The van der Waals surface area contributed by atoms with Crippen molar-refractivity contribution >= 4 is 17.9 Å². The lowest BCUT2D eigenvalue weighted by molar-refractivity contribution is -0.318. The first-order valence-corrected chi connectivity index (χ1v) is 9.18. The average Bonchev–Trinajstić information content (AvgIpc) is 2.87. The van der Waals surface area contributed by atoms with Gasteiger partial charge >= 0.3 is 17.9 Å². The molecule has 0 amide bonds. The minimum absolute atomic E-state index is 0.254. The van der Waals surface area contributed by atoms with Gasteiger partial charge in [-0.05, 0) is 41.5 Å². The maximum absolute atomic E-state index is 12.4. The number of rotatable bonds is 4. The van der Waals surface area contributed by atoms with Crippen LogP contribution in [-0.2, 0) is 38.1 Å². The molecule has 0 aromatic heterocycles. The van der Waals surface area contributed by atoms with Crippen LogP contribution in [0.1, 0.15) is 48.0 Å². The van der Waals surface area contributed by atoms with Crippen molar-refractivity contribution in [2.24, 2.45) is 10.8 Å². The van der Waals surface area contributed by atoms with Gasteiger partial charge in [0, 0.05) is 7.11 Å². The van der Waals surface area contributed by atoms with E-state index in [1.807, 2.05) is 0 Å². The van der Waals surface area contributed by atoms with Crippen LogP contribution in [0.5, 0.6) is 0 Å². The van der Waals surface area contributed by atoms with Gasteiger partial charge in [0.15, 0.2) is 24.1 Å². The van der Waals surface area contributed by atoms with Crippen LogP contribution in [0, 0.1) is 10.8 Å². The molecule has 0 aliphatic carbocycles. The molecule has 2 aliphatic heterocycles. The smallest absolute Gasteiger partial charge is 0.311 e. The Morgan fingerprint density at radius 3 is 2.21 bits per heavy atom. The molecule has 0 aromatic carbocycles. The molecule has 9 heteroatoms. The van der Waals surface area contributed by atoms with Crippen LogP contribution < -0.4 is 0 Å². The molecule has 5 atom stereocenters. The van der Waals surface area contributed by atoms with Crippen LogP contribution in [0.3, 0.4) is 0 Å². The third-order valence-electron chi connectivity index (χ3n) is 4.63. The van der Waals surface area contributed by atoms with E-state index in [1.165, 1.54) is 7.11 Å². The Bertz CT molecular complexity index is 630. The summed E-state index contributed by atoms with van der Waals surface area (Å²) in [6.45, 7) is 9.82. The van der Waals surface area contributed by atoms with Crippen molar-refractivity contribution in [3.63, 3.8) is 0 Å². The van der Waals surface area contributed by atoms with E-state index in [2.05, 4.69) is 0 Å². The first kappa shape index (κ1) is 22.6. The predicted octanol–water partition coefficient (Wildman–Crippen LogP) is 0.951. The van der Waals surface area contributed by atoms with E-state index in [9.17, 15) is 19.5 Å². The van der Waals surface area contributed by atoms with Crippen LogP contribution in [0.2, 0.25) is 0 Å². The molecule has 0 unspecified atom stereocenters. The number of aliphatic hydroxyl groups is 1. The fourth-order valence-electron chi connectivity index (χ4n) is 2.96. The number of esters is 3. The molecule has 160 valence electrons. The van der Waals surface area contributed by atoms with Crippen molar-refractivity contribution in [1.82, 2.24) is 0 Å². The quantitative estimate of drug-likeness (QED) is 0.542. The third kappa shape index (κ3) is 4.47. The molecular weight excluding hydrogens is 372 g/mol. The van der Waals surface area contributed by atoms with Gasteiger partial charge in [-0.25, -0.2) is 0 Å². The standard InChI is InChI=1S/C19H30O9/c1-17(2,3)15(21)25-9-10-12-19(23,8-11(20)27-12)13(14(24-7)26-10)28-16(22)18(4,5)6/h10,12-14,23H,8-9H2,1-7H3/t10-,12-,13+,14+,19-/m1/s1. The summed E-state index contributed by atoms with van der Waals surface area (Å²) < 4.78 is 27.0. The van der Waals surface area contributed by atoms with Crippen molar-refractivity contribution in [2.75, 3.05) is 13.7 Å². The molecule has 0 bridgehead atoms. The van der Waals surface area contributed by atoms with E-state index in [4.69, 9.17) is 23.7 Å². The van der Waals surface area contributed by atoms with E-state index in [0.717, 1.165) is 0 Å². The topological polar surface area (TPSA) is 118 Å². The summed E-state index contributed by atoms with van der Waals surface area (Å²) in [5.74, 6) is -1.73. The zero-order chi connectivity index (χ0) is 21.5. The first-order valence-electron chi connectivity index (χ1n) is 9.18. The Hall–Kier alpha value is -1.71. The number of methoxy groups -OCH3 is 1. The van der Waals surface area contributed by atoms with Gasteiger partial charge in [-0.2, -0.15) is 0 Å². The van der Waals surface area contributed by atoms with Crippen LogP contribution in [0.15, 0.2) is 0 Å². The highest BCUT2D eigenvalue weighted by atomic mass is 16.7. The largest absolute Gasteiger partial charge is 0.462 e. The van der Waals surface area contributed by atoms with E-state index in [1.54, 1.807) is 41.5 Å². The molecule has 1 N–H and O–H groups in total. The van der Waals surface area contributed by atoms with Crippen LogP contribution in [0.4, 0.5) is 0 Å². The molecule has 0 spiro atoms. The molecule has 2 saturated heterocycles. The summed E-state index contributed by atoms with van der Waals surface area (Å²) in [4.78, 5) is 36.4. The molecule has 2 fully saturated rings. The number of carbonyl (C=O) groups excluding carboxylic acids is 3. The third-order valence-corrected chi connectivity index (χ3v) is 4.63. The SMILES string of the molecule is CO[C@H]1O[C@H](COC(=O)C(C)(C)C)[C@H]2OC(=O)C[C@]2(O)[C@H]1OC(=O)C(C)(C)C. The molecule has 28 heavy (non-hydrogen) atoms. The van der Waals surface area contributed by atoms with Crippen molar-refractivity contribution in [2.45, 2.75) is 78.2 Å². The fourth-order valence-corrected chi connectivity index (χ4v) is 2.96. The highest BCUT2D eigenvalue weighted by Gasteiger charge is 2.65. The van der Waals surface area contributed by atoms with Crippen LogP contribution in [0.25, 0.3) is 0 Å². The number of fused-ring (bicyclic) bond motifs is 1. The Labute approximate surface area is 164 Å². The molecule has 2 aliphatic rings. The number of carbonyl (C=O) groups is 3. The second kappa shape index (κ2) is 7.61. The number of hydrogen-bond acceptors (Lipinski definition) is 9. The van der Waals surface area contributed by atoms with Gasteiger partial charge in [-0.15, -0.1) is 0 Å². The minimum atomic E-state index is -1.87. The Morgan fingerprint density at radius 2 is 1.71 bits per heavy atom. The van der Waals surface area contributed by atoms with E-state index in [-0.39, 0.29) is 6.61 Å². The maximum atomic E-state index is 12.4. The molecule has 0 saturated carbocycles. The van der Waals surface area contributed by atoms with Gasteiger partial charge in [0.25, 0.3) is 0 Å². The van der Waals surface area contributed by atoms with Crippen molar-refractivity contribution in [3.05, 3.63) is 0 Å². The summed E-state index contributed by atoms with van der Waals surface area (Å²) in [5.41, 5.74) is -3.44. The lowest BCUT2D eigenvalue weighted by atomic mass is 9.83. The van der Waals surface area contributed by atoms with Gasteiger partial charge in [-0.3, -0.25) is 14.4 Å². The molecule has 0 aromatic rings. The zero-order valence-electron chi connectivity index (χ0n) is 17.4. The van der Waals surface area contributed by atoms with Crippen LogP contribution >= 0.6 is 0 Å². The summed E-state index contributed by atoms with van der Waals surface area (Å²) >= 11 is 0. The summed E-state index contributed by atoms with van der Waals surface area (Å²) in [6, 6.07) is 0. The van der Waals surface area contributed by atoms with Crippen LogP contribution in [-0.4, -0.2) is 66.9 Å². The summed E-state index contributed by atoms with van der Waals surface area (Å²) in [6.07, 6.45) is -4.99. The van der Waals surface area contributed by atoms with Crippen molar-refractivity contribution < 1.29 is 43.2 Å². The average molecular weight is 402 g/mol. The molecule has 2 rings (SSSR count). The lowest BCUT2D eigenvalue weighted by Crippen LogP contribution is -2.67. The zero-order valence-corrected chi connectivity index (χ0v) is 17.4. The van der Waals surface area contributed by atoms with E-state index < -0.39 is 65.4 Å². The Balaban J connectivity index is 2.25. The number of hydrogen-bond donors (Lipinski definition) is 1. The predicted molar refractivity (Wildman–Crippen MR) is 94.9 cm³/mol. The second-order valence-electron chi connectivity index (χ2n) is 9.28. The highest BCUT2D eigenvalue weighted by Crippen LogP contribution is 2.42. The van der Waals surface area contributed by atoms with Crippen molar-refractivity contribution in [3.8, 4) is 0 Å². The second-order valence-corrected chi connectivity index (χ2v) is 9.28. The van der Waals surface area contributed by atoms with Gasteiger partial charge in [0.05, 0.1) is 17.3 Å². The molecular formula is C19H30O9. The fraction of sp³-hybridized carbons (Fsp3) is 0.842. The summed E-state index contributed by atoms with van der Waals surface area (Å²) in [5, 5.41) is 11.2. The summed E-state index contributed by atoms with van der Waals surface area (Å²) in [7, 11) is 1.32. The molecule has 2 heterocycles. The minimum Gasteiger partial charge on any atom is -0.462 e. The van der Waals surface area contributed by atoms with Crippen molar-refractivity contribution in [1.29, 1.82) is 0 Å². The van der Waals surface area contributed by atoms with Gasteiger partial charge in [0.1, 0.15) is 12.7 Å². The Morgan fingerprint density at radius 1 is 1.14 bits per heavy atom. The van der Waals surface area contributed by atoms with E-state index >= 15 is 0 Å². The van der Waals surface area contributed by atoms with Gasteiger partial charge in [0.2, 0.25) is 0 Å². The van der Waals surface area contributed by atoms with E-state index in [0.29, 0.717) is 0 Å². The maximum Gasteiger partial charge on any atom is 0.311 e. The lowest BCUT2D eigenvalue weighted by Gasteiger charge is -2.46. The van der Waals surface area contributed by atoms with Gasteiger partial charge in [-0.1, -0.05) is 0 Å². The molecule has 9 nitrogen and oxygen atoms in total. The van der Waals surface area contributed by atoms with Gasteiger partial charge < -0.3 is 28.8 Å². The normalized spacial score (nSPS) is 33.1. The molecule has 0 radical (unpaired) electrons. The first-order chi connectivity index (χ1) is 12.7. The highest BCUT2D eigenvalue weighted by molar-refractivity contribution is 5.77. The monoisotopic (exact) mass is 402 g/mol. The Kier molecular flexibility index (Phi) is 6.13.